The lowest BCUT2D eigenvalue weighted by atomic mass is 10.2. The first-order valence-electron chi connectivity index (χ1n) is 5.84. The summed E-state index contributed by atoms with van der Waals surface area (Å²) in [5.41, 5.74) is -1.86. The molecule has 0 fully saturated rings. The number of hydrogen-bond donors (Lipinski definition) is 2. The molecule has 2 heterocycles. The smallest absolute Gasteiger partial charge is 0.349 e. The number of hydrogen-bond acceptors (Lipinski definition) is 5. The predicted octanol–water partition coefficient (Wildman–Crippen LogP) is 2.81. The molecule has 2 aromatic heterocycles. The molecule has 0 spiro atoms. The first-order valence-corrected chi connectivity index (χ1v) is 5.84. The van der Waals surface area contributed by atoms with Crippen LogP contribution in [0.1, 0.15) is 5.56 Å². The Hall–Kier alpha value is -2.91. The maximum absolute atomic E-state index is 13.7. The minimum absolute atomic E-state index is 0.100. The summed E-state index contributed by atoms with van der Waals surface area (Å²) in [6.07, 6.45) is -4.65. The average Bonchev–Trinajstić information content (AvgIpc) is 2.87. The summed E-state index contributed by atoms with van der Waals surface area (Å²) < 4.78 is 55.5. The van der Waals surface area contributed by atoms with Gasteiger partial charge >= 0.3 is 6.18 Å². The Morgan fingerprint density at radius 3 is 2.59 bits per heavy atom. The van der Waals surface area contributed by atoms with Gasteiger partial charge in [-0.2, -0.15) is 13.2 Å². The number of fused-ring (bicyclic) bond motifs is 1. The lowest BCUT2D eigenvalue weighted by molar-refractivity contribution is -0.137. The zero-order chi connectivity index (χ0) is 15.9. The van der Waals surface area contributed by atoms with Crippen LogP contribution in [0.2, 0.25) is 0 Å². The molecule has 0 amide bonds. The van der Waals surface area contributed by atoms with Gasteiger partial charge in [-0.25, -0.2) is 9.02 Å². The van der Waals surface area contributed by atoms with E-state index in [-0.39, 0.29) is 22.5 Å². The Labute approximate surface area is 118 Å². The van der Waals surface area contributed by atoms with Crippen molar-refractivity contribution >= 4 is 22.5 Å². The molecule has 0 saturated carbocycles. The van der Waals surface area contributed by atoms with Gasteiger partial charge in [0.2, 0.25) is 5.65 Å². The normalized spacial score (nSPS) is 11.8. The quantitative estimate of drug-likeness (QED) is 0.711. The molecular formula is C12H6F4N4O2. The maximum Gasteiger partial charge on any atom is 0.416 e. The second-order valence-electron chi connectivity index (χ2n) is 4.33. The molecule has 1 aromatic carbocycles. The first kappa shape index (κ1) is 14.0. The number of nitrogens with one attached hydrogen (secondary N) is 2. The fourth-order valence-electron chi connectivity index (χ4n) is 1.78. The molecule has 0 bridgehead atoms. The summed E-state index contributed by atoms with van der Waals surface area (Å²) in [4.78, 5) is 14.1. The zero-order valence-corrected chi connectivity index (χ0v) is 10.5. The molecule has 22 heavy (non-hydrogen) atoms. The van der Waals surface area contributed by atoms with E-state index in [1.165, 1.54) is 6.07 Å². The van der Waals surface area contributed by atoms with Gasteiger partial charge in [0.15, 0.2) is 5.52 Å². The van der Waals surface area contributed by atoms with Crippen molar-refractivity contribution in [2.45, 2.75) is 6.18 Å². The van der Waals surface area contributed by atoms with Crippen LogP contribution in [0, 0.1) is 5.82 Å². The number of aromatic amines is 1. The van der Waals surface area contributed by atoms with Gasteiger partial charge < -0.3 is 10.3 Å². The Balaban J connectivity index is 1.98. The van der Waals surface area contributed by atoms with Crippen molar-refractivity contribution in [3.05, 3.63) is 46.0 Å². The van der Waals surface area contributed by atoms with Crippen molar-refractivity contribution in [2.24, 2.45) is 0 Å². The van der Waals surface area contributed by atoms with Crippen molar-refractivity contribution in [3.8, 4) is 0 Å². The lowest BCUT2D eigenvalue weighted by Crippen LogP contribution is -2.12. The highest BCUT2D eigenvalue weighted by atomic mass is 19.4. The highest BCUT2D eigenvalue weighted by Gasteiger charge is 2.31. The number of rotatable bonds is 2. The van der Waals surface area contributed by atoms with Gasteiger partial charge in [0, 0.05) is 6.07 Å². The van der Waals surface area contributed by atoms with Crippen LogP contribution >= 0.6 is 0 Å². The topological polar surface area (TPSA) is 83.8 Å². The van der Waals surface area contributed by atoms with E-state index in [9.17, 15) is 22.4 Å². The number of H-pyrrole nitrogens is 1. The molecule has 3 rings (SSSR count). The van der Waals surface area contributed by atoms with E-state index in [0.717, 1.165) is 6.07 Å². The summed E-state index contributed by atoms with van der Waals surface area (Å²) in [5, 5.41) is 9.31. The summed E-state index contributed by atoms with van der Waals surface area (Å²) in [6.45, 7) is 0. The predicted molar refractivity (Wildman–Crippen MR) is 67.1 cm³/mol. The molecule has 0 radical (unpaired) electrons. The Morgan fingerprint density at radius 1 is 1.14 bits per heavy atom. The molecule has 2 N–H and O–H groups in total. The van der Waals surface area contributed by atoms with Crippen LogP contribution in [-0.2, 0) is 6.18 Å². The second-order valence-corrected chi connectivity index (χ2v) is 4.33. The molecule has 0 aliphatic heterocycles. The fourth-order valence-corrected chi connectivity index (χ4v) is 1.78. The van der Waals surface area contributed by atoms with Gasteiger partial charge in [-0.15, -0.1) is 0 Å². The molecular weight excluding hydrogens is 308 g/mol. The molecule has 3 aromatic rings. The van der Waals surface area contributed by atoms with E-state index < -0.39 is 23.1 Å². The van der Waals surface area contributed by atoms with Crippen molar-refractivity contribution in [3.63, 3.8) is 0 Å². The van der Waals surface area contributed by atoms with Crippen LogP contribution < -0.4 is 10.9 Å². The van der Waals surface area contributed by atoms with E-state index in [1.54, 1.807) is 0 Å². The molecule has 114 valence electrons. The number of nitrogens with zero attached hydrogens (tertiary/aromatic N) is 2. The maximum atomic E-state index is 13.7. The number of benzene rings is 1. The Bertz CT molecular complexity index is 900. The molecule has 6 nitrogen and oxygen atoms in total. The largest absolute Gasteiger partial charge is 0.416 e. The van der Waals surface area contributed by atoms with Gasteiger partial charge in [-0.05, 0) is 28.5 Å². The van der Waals surface area contributed by atoms with Crippen LogP contribution in [0.25, 0.3) is 11.2 Å². The Kier molecular flexibility index (Phi) is 3.08. The number of halogens is 4. The van der Waals surface area contributed by atoms with Gasteiger partial charge in [0.1, 0.15) is 11.5 Å². The molecule has 0 atom stereocenters. The molecule has 0 aliphatic carbocycles. The first-order chi connectivity index (χ1) is 10.3. The van der Waals surface area contributed by atoms with E-state index in [1.807, 2.05) is 0 Å². The number of anilines is 2. The third kappa shape index (κ3) is 2.50. The second kappa shape index (κ2) is 4.83. The minimum Gasteiger partial charge on any atom is -0.349 e. The molecule has 0 aliphatic rings. The van der Waals surface area contributed by atoms with Gasteiger partial charge in [-0.1, -0.05) is 0 Å². The van der Waals surface area contributed by atoms with E-state index >= 15 is 0 Å². The van der Waals surface area contributed by atoms with Crippen molar-refractivity contribution in [1.29, 1.82) is 0 Å². The van der Waals surface area contributed by atoms with Crippen LogP contribution in [0.3, 0.4) is 0 Å². The van der Waals surface area contributed by atoms with Crippen molar-refractivity contribution in [1.82, 2.24) is 15.3 Å². The summed E-state index contributed by atoms with van der Waals surface area (Å²) in [5.74, 6) is -1.15. The lowest BCUT2D eigenvalue weighted by Gasteiger charge is -2.10. The van der Waals surface area contributed by atoms with Gasteiger partial charge in [0.25, 0.3) is 5.56 Å². The van der Waals surface area contributed by atoms with Crippen LogP contribution in [0.5, 0.6) is 0 Å². The summed E-state index contributed by atoms with van der Waals surface area (Å²) in [6, 6.07) is 3.17. The molecule has 0 saturated heterocycles. The summed E-state index contributed by atoms with van der Waals surface area (Å²) in [7, 11) is 0. The van der Waals surface area contributed by atoms with Crippen LogP contribution in [0.4, 0.5) is 28.9 Å². The highest BCUT2D eigenvalue weighted by molar-refractivity contribution is 5.74. The molecule has 10 heteroatoms. The number of aromatic nitrogens is 3. The highest BCUT2D eigenvalue weighted by Crippen LogP contribution is 2.31. The summed E-state index contributed by atoms with van der Waals surface area (Å²) >= 11 is 0. The SMILES string of the molecule is O=c1[nH]c2nonc2cc1Nc1ccc(C(F)(F)F)cc1F. The standard InChI is InChI=1S/C12H6F4N4O2/c13-6-3-5(12(14,15)16)1-2-7(6)17-9-4-8-10(18-11(9)21)20-22-19-8/h1-4,17H,(H,18,20,21). The van der Waals surface area contributed by atoms with Gasteiger partial charge in [0.05, 0.1) is 11.3 Å². The Morgan fingerprint density at radius 2 is 1.91 bits per heavy atom. The van der Waals surface area contributed by atoms with Gasteiger partial charge in [-0.3, -0.25) is 4.79 Å². The fraction of sp³-hybridized carbons (Fsp3) is 0.0833. The molecule has 0 unspecified atom stereocenters. The van der Waals surface area contributed by atoms with Crippen molar-refractivity contribution in [2.75, 3.05) is 5.32 Å². The zero-order valence-electron chi connectivity index (χ0n) is 10.5. The van der Waals surface area contributed by atoms with Crippen LogP contribution in [-0.4, -0.2) is 15.3 Å². The third-order valence-electron chi connectivity index (χ3n) is 2.84. The van der Waals surface area contributed by atoms with Crippen LogP contribution in [0.15, 0.2) is 33.7 Å². The van der Waals surface area contributed by atoms with E-state index in [2.05, 4.69) is 25.2 Å². The van der Waals surface area contributed by atoms with E-state index in [4.69, 9.17) is 0 Å². The number of alkyl halides is 3. The van der Waals surface area contributed by atoms with E-state index in [0.29, 0.717) is 12.1 Å². The number of pyridine rings is 1. The third-order valence-corrected chi connectivity index (χ3v) is 2.84. The van der Waals surface area contributed by atoms with Crippen molar-refractivity contribution < 1.29 is 22.2 Å². The monoisotopic (exact) mass is 314 g/mol. The average molecular weight is 314 g/mol. The minimum atomic E-state index is -4.65.